The summed E-state index contributed by atoms with van der Waals surface area (Å²) in [4.78, 5) is 17.5. The second kappa shape index (κ2) is 8.64. The van der Waals surface area contributed by atoms with Crippen LogP contribution in [0.3, 0.4) is 0 Å². The van der Waals surface area contributed by atoms with Gasteiger partial charge < -0.3 is 14.9 Å². The van der Waals surface area contributed by atoms with E-state index in [2.05, 4.69) is 20.0 Å². The van der Waals surface area contributed by atoms with Crippen LogP contribution >= 0.6 is 23.2 Å². The smallest absolute Gasteiger partial charge is 0.226 e. The number of piperidine rings is 1. The van der Waals surface area contributed by atoms with E-state index < -0.39 is 0 Å². The van der Waals surface area contributed by atoms with Gasteiger partial charge >= 0.3 is 0 Å². The van der Waals surface area contributed by atoms with Crippen molar-refractivity contribution in [1.29, 1.82) is 0 Å². The summed E-state index contributed by atoms with van der Waals surface area (Å²) in [5.74, 6) is 0.148. The zero-order valence-corrected chi connectivity index (χ0v) is 19.0. The van der Waals surface area contributed by atoms with Crippen molar-refractivity contribution in [3.05, 3.63) is 45.2 Å². The Bertz CT molecular complexity index is 947. The Morgan fingerprint density at radius 2 is 1.84 bits per heavy atom. The van der Waals surface area contributed by atoms with Crippen molar-refractivity contribution in [3.63, 3.8) is 0 Å². The number of aliphatic hydroxyl groups excluding tert-OH is 1. The second-order valence-corrected chi connectivity index (χ2v) is 9.90. The van der Waals surface area contributed by atoms with Gasteiger partial charge in [0.2, 0.25) is 5.91 Å². The van der Waals surface area contributed by atoms with Crippen LogP contribution < -0.4 is 4.90 Å². The van der Waals surface area contributed by atoms with Crippen molar-refractivity contribution in [3.8, 4) is 0 Å². The molecule has 0 bridgehead atoms. The molecule has 1 unspecified atom stereocenters. The minimum absolute atomic E-state index is 0.0725. The van der Waals surface area contributed by atoms with Crippen molar-refractivity contribution in [1.82, 2.24) is 15.1 Å². The van der Waals surface area contributed by atoms with E-state index in [1.54, 1.807) is 0 Å². The molecule has 8 heteroatoms. The maximum Gasteiger partial charge on any atom is 0.226 e. The molecule has 1 aromatic heterocycles. The summed E-state index contributed by atoms with van der Waals surface area (Å²) < 4.78 is 0. The number of anilines is 1. The minimum Gasteiger partial charge on any atom is -0.393 e. The molecule has 0 spiro atoms. The lowest BCUT2D eigenvalue weighted by Gasteiger charge is -2.32. The number of carbonyl (C=O) groups is 1. The van der Waals surface area contributed by atoms with Crippen molar-refractivity contribution in [2.24, 2.45) is 5.92 Å². The van der Waals surface area contributed by atoms with E-state index in [1.807, 2.05) is 18.3 Å². The van der Waals surface area contributed by atoms with Gasteiger partial charge in [0, 0.05) is 53.5 Å². The van der Waals surface area contributed by atoms with E-state index >= 15 is 0 Å². The number of carbonyl (C=O) groups excluding carboxylic acids is 1. The molecule has 2 fully saturated rings. The maximum absolute atomic E-state index is 13.2. The van der Waals surface area contributed by atoms with Gasteiger partial charge in [-0.05, 0) is 68.2 Å². The number of fused-ring (bicyclic) bond motifs is 1. The van der Waals surface area contributed by atoms with Crippen LogP contribution in [0.25, 0.3) is 0 Å². The monoisotopic (exact) mass is 462 g/mol. The molecule has 6 nitrogen and oxygen atoms in total. The number of amides is 1. The standard InChI is InChI=1S/C23H28Cl2N4O2/c24-20-11-17(28-6-4-18(30)5-7-28)12-21(25)19(20)10-14-3-8-29(23(14)31)16-1-2-22-15(9-16)13-26-27-22/h11-14,16,18,30H,1-10H2,(H,26,27)/t14-,16?/m0/s1. The van der Waals surface area contributed by atoms with Gasteiger partial charge in [0.15, 0.2) is 0 Å². The van der Waals surface area contributed by atoms with Crippen LogP contribution in [-0.2, 0) is 24.1 Å². The Kier molecular flexibility index (Phi) is 5.88. The number of hydrogen-bond donors (Lipinski definition) is 2. The molecule has 0 saturated carbocycles. The molecule has 3 aliphatic rings. The second-order valence-electron chi connectivity index (χ2n) is 9.08. The number of likely N-dealkylation sites (tertiary alicyclic amines) is 1. The van der Waals surface area contributed by atoms with Gasteiger partial charge in [0.25, 0.3) is 0 Å². The summed E-state index contributed by atoms with van der Waals surface area (Å²) >= 11 is 13.3. The first kappa shape index (κ1) is 21.1. The number of H-pyrrole nitrogens is 1. The summed E-state index contributed by atoms with van der Waals surface area (Å²) in [5.41, 5.74) is 4.23. The molecule has 2 saturated heterocycles. The van der Waals surface area contributed by atoms with Crippen LogP contribution in [0.4, 0.5) is 5.69 Å². The fraction of sp³-hybridized carbons (Fsp3) is 0.565. The van der Waals surface area contributed by atoms with E-state index in [1.165, 1.54) is 5.56 Å². The fourth-order valence-electron chi connectivity index (χ4n) is 5.31. The lowest BCUT2D eigenvalue weighted by atomic mass is 9.92. The third-order valence-electron chi connectivity index (χ3n) is 7.18. The predicted molar refractivity (Wildman–Crippen MR) is 122 cm³/mol. The molecule has 1 aliphatic carbocycles. The molecule has 1 amide bonds. The van der Waals surface area contributed by atoms with E-state index in [-0.39, 0.29) is 24.0 Å². The van der Waals surface area contributed by atoms with Crippen LogP contribution in [0, 0.1) is 5.92 Å². The summed E-state index contributed by atoms with van der Waals surface area (Å²) in [5, 5.41) is 18.2. The summed E-state index contributed by atoms with van der Waals surface area (Å²) in [7, 11) is 0. The molecule has 3 heterocycles. The van der Waals surface area contributed by atoms with Gasteiger partial charge in [-0.3, -0.25) is 9.89 Å². The van der Waals surface area contributed by atoms with Gasteiger partial charge in [-0.25, -0.2) is 0 Å². The average Bonchev–Trinajstić information content (AvgIpc) is 3.37. The number of rotatable bonds is 4. The van der Waals surface area contributed by atoms with Gasteiger partial charge in [-0.2, -0.15) is 5.10 Å². The van der Waals surface area contributed by atoms with E-state index in [0.717, 1.165) is 75.1 Å². The van der Waals surface area contributed by atoms with Crippen LogP contribution in [-0.4, -0.2) is 57.9 Å². The molecular weight excluding hydrogens is 435 g/mol. The number of aromatic amines is 1. The van der Waals surface area contributed by atoms with Crippen LogP contribution in [0.1, 0.15) is 42.5 Å². The summed E-state index contributed by atoms with van der Waals surface area (Å²) in [6.45, 7) is 2.39. The summed E-state index contributed by atoms with van der Waals surface area (Å²) in [6.07, 6.45) is 7.44. The molecule has 2 N–H and O–H groups in total. The molecule has 2 aliphatic heterocycles. The highest BCUT2D eigenvalue weighted by molar-refractivity contribution is 6.36. The largest absolute Gasteiger partial charge is 0.393 e. The number of aromatic nitrogens is 2. The first-order valence-corrected chi connectivity index (χ1v) is 12.0. The van der Waals surface area contributed by atoms with E-state index in [9.17, 15) is 9.90 Å². The van der Waals surface area contributed by atoms with Crippen molar-refractivity contribution < 1.29 is 9.90 Å². The number of aryl methyl sites for hydroxylation is 1. The Hall–Kier alpha value is -1.76. The molecule has 1 aromatic carbocycles. The number of hydrogen-bond acceptors (Lipinski definition) is 4. The number of benzene rings is 1. The first-order valence-electron chi connectivity index (χ1n) is 11.2. The highest BCUT2D eigenvalue weighted by atomic mass is 35.5. The quantitative estimate of drug-likeness (QED) is 0.727. The maximum atomic E-state index is 13.2. The molecule has 31 heavy (non-hydrogen) atoms. The third kappa shape index (κ3) is 4.18. The van der Waals surface area contributed by atoms with E-state index in [4.69, 9.17) is 23.2 Å². The SMILES string of the molecule is O=C1[C@H](Cc2c(Cl)cc(N3CCC(O)CC3)cc2Cl)CCN1C1CCc2n[nH]cc2C1. The Morgan fingerprint density at radius 1 is 1.10 bits per heavy atom. The number of nitrogens with one attached hydrogen (secondary N) is 1. The minimum atomic E-state index is -0.220. The average molecular weight is 463 g/mol. The lowest BCUT2D eigenvalue weighted by molar-refractivity contribution is -0.133. The van der Waals surface area contributed by atoms with Crippen molar-refractivity contribution in [2.45, 2.75) is 57.1 Å². The Labute approximate surface area is 192 Å². The van der Waals surface area contributed by atoms with Gasteiger partial charge in [0.1, 0.15) is 0 Å². The predicted octanol–water partition coefficient (Wildman–Crippen LogP) is 3.63. The molecule has 5 rings (SSSR count). The molecule has 166 valence electrons. The number of aliphatic hydroxyl groups is 1. The van der Waals surface area contributed by atoms with Gasteiger partial charge in [-0.15, -0.1) is 0 Å². The van der Waals surface area contributed by atoms with Crippen LogP contribution in [0.2, 0.25) is 10.0 Å². The molecular formula is C23H28Cl2N4O2. The summed E-state index contributed by atoms with van der Waals surface area (Å²) in [6, 6.07) is 4.17. The van der Waals surface area contributed by atoms with Crippen molar-refractivity contribution in [2.75, 3.05) is 24.5 Å². The normalized spacial score (nSPS) is 24.7. The molecule has 2 aromatic rings. The topological polar surface area (TPSA) is 72.5 Å². The zero-order chi connectivity index (χ0) is 21.5. The Morgan fingerprint density at radius 3 is 2.58 bits per heavy atom. The highest BCUT2D eigenvalue weighted by Gasteiger charge is 2.38. The lowest BCUT2D eigenvalue weighted by Crippen LogP contribution is -2.41. The van der Waals surface area contributed by atoms with E-state index in [0.29, 0.717) is 16.5 Å². The first-order chi connectivity index (χ1) is 15.0. The molecule has 2 atom stereocenters. The zero-order valence-electron chi connectivity index (χ0n) is 17.5. The van der Waals surface area contributed by atoms with Crippen LogP contribution in [0.15, 0.2) is 18.3 Å². The number of halogens is 2. The highest BCUT2D eigenvalue weighted by Crippen LogP contribution is 2.36. The molecule has 0 radical (unpaired) electrons. The fourth-order valence-corrected chi connectivity index (χ4v) is 5.94. The van der Waals surface area contributed by atoms with Crippen molar-refractivity contribution >= 4 is 34.8 Å². The van der Waals surface area contributed by atoms with Gasteiger partial charge in [0.05, 0.1) is 11.8 Å². The third-order valence-corrected chi connectivity index (χ3v) is 7.85. The van der Waals surface area contributed by atoms with Crippen LogP contribution in [0.5, 0.6) is 0 Å². The van der Waals surface area contributed by atoms with Gasteiger partial charge in [-0.1, -0.05) is 23.2 Å². The number of nitrogens with zero attached hydrogens (tertiary/aromatic N) is 3. The Balaban J connectivity index is 1.26.